The molecule has 0 aromatic carbocycles. The van der Waals surface area contributed by atoms with Gasteiger partial charge in [-0.3, -0.25) is 10.6 Å². The van der Waals surface area contributed by atoms with Crippen LogP contribution in [-0.2, 0) is 0 Å². The Bertz CT molecular complexity index is 215. The molecule has 0 spiro atoms. The molecular formula is C3H6N3O2P. The van der Waals surface area contributed by atoms with E-state index in [1.54, 1.807) is 0 Å². The Morgan fingerprint density at radius 2 is 2.56 bits per heavy atom. The van der Waals surface area contributed by atoms with Crippen LogP contribution in [0.4, 0.5) is 4.79 Å². The summed E-state index contributed by atoms with van der Waals surface area (Å²) in [5.74, 6) is 1.29. The number of rotatable bonds is 0. The fourth-order valence-corrected chi connectivity index (χ4v) is 1.13. The van der Waals surface area contributed by atoms with Gasteiger partial charge in [-0.05, 0) is 0 Å². The molecule has 0 radical (unpaired) electrons. The van der Waals surface area contributed by atoms with Crippen molar-refractivity contribution in [2.75, 3.05) is 0 Å². The highest BCUT2D eigenvalue weighted by Gasteiger charge is 2.11. The third-order valence-electron chi connectivity index (χ3n) is 0.760. The summed E-state index contributed by atoms with van der Waals surface area (Å²) in [6.07, 6.45) is 1.20. The van der Waals surface area contributed by atoms with Gasteiger partial charge in [0, 0.05) is 12.0 Å². The smallest absolute Gasteiger partial charge is 0.346 e. The lowest BCUT2D eigenvalue weighted by molar-refractivity contribution is 0.253. The SMILES string of the molecule is NP1(O)=CC=NC(=O)N1. The molecular weight excluding hydrogens is 141 g/mol. The Balaban J connectivity index is 2.91. The number of carbonyl (C=O) groups is 1. The van der Waals surface area contributed by atoms with E-state index < -0.39 is 13.4 Å². The van der Waals surface area contributed by atoms with E-state index in [1.165, 1.54) is 12.0 Å². The first-order valence-corrected chi connectivity index (χ1v) is 4.09. The van der Waals surface area contributed by atoms with Crippen LogP contribution in [0.3, 0.4) is 0 Å². The molecule has 0 aliphatic carbocycles. The molecule has 0 saturated heterocycles. The molecule has 50 valence electrons. The van der Waals surface area contributed by atoms with E-state index in [2.05, 4.69) is 10.1 Å². The summed E-state index contributed by atoms with van der Waals surface area (Å²) in [6, 6.07) is -0.587. The Morgan fingerprint density at radius 3 is 2.89 bits per heavy atom. The van der Waals surface area contributed by atoms with Crippen LogP contribution < -0.4 is 10.6 Å². The zero-order valence-corrected chi connectivity index (χ0v) is 5.38. The predicted molar refractivity (Wildman–Crippen MR) is 36.4 cm³/mol. The zero-order valence-electron chi connectivity index (χ0n) is 4.48. The predicted octanol–water partition coefficient (Wildman–Crippen LogP) is -0.704. The Kier molecular flexibility index (Phi) is 1.40. The van der Waals surface area contributed by atoms with Gasteiger partial charge in [-0.2, -0.15) is 0 Å². The second-order valence-corrected chi connectivity index (χ2v) is 3.58. The summed E-state index contributed by atoms with van der Waals surface area (Å²) < 4.78 is 0. The Labute approximate surface area is 51.7 Å². The maximum absolute atomic E-state index is 10.3. The average Bonchev–Trinajstić information content (AvgIpc) is 1.60. The summed E-state index contributed by atoms with van der Waals surface area (Å²) in [5, 5.41) is 2.11. The van der Waals surface area contributed by atoms with Crippen molar-refractivity contribution in [3.8, 4) is 0 Å². The van der Waals surface area contributed by atoms with E-state index in [1.807, 2.05) is 0 Å². The van der Waals surface area contributed by atoms with Crippen LogP contribution in [0.2, 0.25) is 0 Å². The van der Waals surface area contributed by atoms with E-state index in [4.69, 9.17) is 10.4 Å². The third kappa shape index (κ3) is 1.64. The largest absolute Gasteiger partial charge is 0.347 e. The van der Waals surface area contributed by atoms with E-state index in [-0.39, 0.29) is 0 Å². The van der Waals surface area contributed by atoms with Crippen LogP contribution in [0.15, 0.2) is 4.99 Å². The van der Waals surface area contributed by atoms with Crippen molar-refractivity contribution in [2.24, 2.45) is 10.5 Å². The first kappa shape index (κ1) is 6.48. The minimum Gasteiger partial charge on any atom is -0.347 e. The first-order chi connectivity index (χ1) is 4.10. The van der Waals surface area contributed by atoms with Crippen LogP contribution in [0.5, 0.6) is 0 Å². The molecule has 1 aliphatic heterocycles. The number of hydrogen-bond acceptors (Lipinski definition) is 3. The van der Waals surface area contributed by atoms with Gasteiger partial charge in [-0.15, -0.1) is 0 Å². The highest BCUT2D eigenvalue weighted by Crippen LogP contribution is 2.25. The normalized spacial score (nSPS) is 33.3. The van der Waals surface area contributed by atoms with Crippen LogP contribution in [-0.4, -0.2) is 22.9 Å². The summed E-state index contributed by atoms with van der Waals surface area (Å²) >= 11 is 0. The number of nitrogens with zero attached hydrogens (tertiary/aromatic N) is 1. The van der Waals surface area contributed by atoms with Crippen molar-refractivity contribution in [1.82, 2.24) is 5.09 Å². The fraction of sp³-hybridized carbons (Fsp3) is 0. The molecule has 5 nitrogen and oxygen atoms in total. The minimum atomic E-state index is -2.77. The van der Waals surface area contributed by atoms with Crippen molar-refractivity contribution < 1.29 is 9.69 Å². The molecule has 2 amide bonds. The zero-order chi connectivity index (χ0) is 6.91. The number of hydrogen-bond donors (Lipinski definition) is 3. The lowest BCUT2D eigenvalue weighted by atomic mass is 10.8. The molecule has 9 heavy (non-hydrogen) atoms. The highest BCUT2D eigenvalue weighted by molar-refractivity contribution is 7.67. The lowest BCUT2D eigenvalue weighted by Crippen LogP contribution is -2.25. The standard InChI is InChI=1S/C3H6N3O2P/c4-9(8)2-1-5-3(7)6-9/h1-2H,(H4,4,5,6,7,8). The van der Waals surface area contributed by atoms with Crippen LogP contribution in [0.25, 0.3) is 0 Å². The van der Waals surface area contributed by atoms with Gasteiger partial charge in [0.25, 0.3) is 0 Å². The maximum atomic E-state index is 10.3. The molecule has 0 aromatic rings. The van der Waals surface area contributed by atoms with Gasteiger partial charge in [-0.25, -0.2) is 9.79 Å². The number of amides is 2. The van der Waals surface area contributed by atoms with E-state index in [9.17, 15) is 4.79 Å². The second-order valence-electron chi connectivity index (χ2n) is 1.58. The molecule has 6 heteroatoms. The molecule has 0 bridgehead atoms. The molecule has 0 aromatic heterocycles. The third-order valence-corrected chi connectivity index (χ3v) is 1.90. The Hall–Kier alpha value is -0.640. The van der Waals surface area contributed by atoms with Crippen LogP contribution in [0.1, 0.15) is 0 Å². The summed E-state index contributed by atoms with van der Waals surface area (Å²) in [7, 11) is -2.77. The lowest BCUT2D eigenvalue weighted by Gasteiger charge is -2.14. The van der Waals surface area contributed by atoms with Gasteiger partial charge in [-0.1, -0.05) is 0 Å². The van der Waals surface area contributed by atoms with Gasteiger partial charge >= 0.3 is 6.03 Å². The van der Waals surface area contributed by atoms with Gasteiger partial charge in [0.05, 0.1) is 0 Å². The monoisotopic (exact) mass is 147 g/mol. The molecule has 1 aliphatic rings. The van der Waals surface area contributed by atoms with E-state index in [0.717, 1.165) is 0 Å². The van der Waals surface area contributed by atoms with Crippen LogP contribution in [0, 0.1) is 0 Å². The highest BCUT2D eigenvalue weighted by atomic mass is 31.2. The maximum Gasteiger partial charge on any atom is 0.346 e. The summed E-state index contributed by atoms with van der Waals surface area (Å²) in [4.78, 5) is 22.6. The van der Waals surface area contributed by atoms with Crippen LogP contribution >= 0.6 is 7.41 Å². The average molecular weight is 147 g/mol. The van der Waals surface area contributed by atoms with E-state index >= 15 is 0 Å². The molecule has 4 N–H and O–H groups in total. The molecule has 1 rings (SSSR count). The quantitative estimate of drug-likeness (QED) is 0.396. The second kappa shape index (κ2) is 1.95. The molecule has 1 heterocycles. The topological polar surface area (TPSA) is 87.7 Å². The molecule has 1 atom stereocenters. The van der Waals surface area contributed by atoms with Crippen molar-refractivity contribution in [3.63, 3.8) is 0 Å². The molecule has 1 unspecified atom stereocenters. The summed E-state index contributed by atoms with van der Waals surface area (Å²) in [6.45, 7) is 0. The number of nitrogens with two attached hydrogens (primary N) is 1. The first-order valence-electron chi connectivity index (χ1n) is 2.21. The van der Waals surface area contributed by atoms with Crippen molar-refractivity contribution in [3.05, 3.63) is 0 Å². The number of urea groups is 1. The van der Waals surface area contributed by atoms with Crippen molar-refractivity contribution in [2.45, 2.75) is 0 Å². The molecule has 0 fully saturated rings. The van der Waals surface area contributed by atoms with Crippen molar-refractivity contribution in [1.29, 1.82) is 0 Å². The number of carbonyl (C=O) groups excluding carboxylic acids is 1. The fourth-order valence-electron chi connectivity index (χ4n) is 0.422. The van der Waals surface area contributed by atoms with Crippen molar-refractivity contribution >= 4 is 25.5 Å². The Morgan fingerprint density at radius 1 is 1.89 bits per heavy atom. The molecule has 0 saturated carbocycles. The van der Waals surface area contributed by atoms with Gasteiger partial charge in [0.1, 0.15) is 0 Å². The number of nitrogens with one attached hydrogen (secondary N) is 1. The van der Waals surface area contributed by atoms with Gasteiger partial charge in [0.2, 0.25) is 0 Å². The van der Waals surface area contributed by atoms with Gasteiger partial charge < -0.3 is 4.89 Å². The summed E-state index contributed by atoms with van der Waals surface area (Å²) in [5.41, 5.74) is 5.16. The van der Waals surface area contributed by atoms with Gasteiger partial charge in [0.15, 0.2) is 7.41 Å². The van der Waals surface area contributed by atoms with E-state index in [0.29, 0.717) is 0 Å². The minimum absolute atomic E-state index is 0.587. The number of aliphatic imine (C=N–C) groups is 1.